The van der Waals surface area contributed by atoms with Gasteiger partial charge in [0.25, 0.3) is 0 Å². The normalized spacial score (nSPS) is 16.1. The summed E-state index contributed by atoms with van der Waals surface area (Å²) in [5.41, 5.74) is 3.55. The molecule has 0 fully saturated rings. The molecule has 1 aliphatic heterocycles. The van der Waals surface area contributed by atoms with Crippen LogP contribution in [0.2, 0.25) is 0 Å². The molecule has 0 aliphatic carbocycles. The van der Waals surface area contributed by atoms with Crippen molar-refractivity contribution in [3.63, 3.8) is 0 Å². The fourth-order valence-corrected chi connectivity index (χ4v) is 2.89. The highest BCUT2D eigenvalue weighted by atomic mass is 16.5. The molecule has 1 aliphatic rings. The third-order valence-corrected chi connectivity index (χ3v) is 4.00. The van der Waals surface area contributed by atoms with E-state index in [-0.39, 0.29) is 0 Å². The van der Waals surface area contributed by atoms with Gasteiger partial charge >= 0.3 is 7.12 Å². The fraction of sp³-hybridized carbons (Fsp3) is 0.375. The van der Waals surface area contributed by atoms with Crippen LogP contribution in [0.4, 0.5) is 5.69 Å². The molecular formula is C16H20BNO3. The Bertz CT molecular complexity index is 678. The molecule has 5 heteroatoms. The van der Waals surface area contributed by atoms with Crippen LogP contribution in [0.25, 0.3) is 0 Å². The zero-order valence-electron chi connectivity index (χ0n) is 12.9. The van der Waals surface area contributed by atoms with E-state index in [1.54, 1.807) is 0 Å². The van der Waals surface area contributed by atoms with Crippen LogP contribution in [0.15, 0.2) is 28.7 Å². The van der Waals surface area contributed by atoms with E-state index in [1.807, 2.05) is 52.0 Å². The standard InChI is InChI=1S/C16H20BNO3/c1-10-7-12(11(2)20-10)9-18-13-5-6-14-15(8-13)17(19)21-16(14,3)4/h5-8,18-19H,9H2,1-4H3. The van der Waals surface area contributed by atoms with Gasteiger partial charge in [0.05, 0.1) is 5.60 Å². The summed E-state index contributed by atoms with van der Waals surface area (Å²) in [6, 6.07) is 8.03. The maximum absolute atomic E-state index is 10.0. The van der Waals surface area contributed by atoms with Crippen LogP contribution < -0.4 is 10.8 Å². The van der Waals surface area contributed by atoms with E-state index in [4.69, 9.17) is 9.07 Å². The summed E-state index contributed by atoms with van der Waals surface area (Å²) in [6.07, 6.45) is 0. The van der Waals surface area contributed by atoms with Crippen LogP contribution in [-0.2, 0) is 16.8 Å². The molecule has 3 rings (SSSR count). The first-order valence-electron chi connectivity index (χ1n) is 7.17. The molecule has 0 bridgehead atoms. The van der Waals surface area contributed by atoms with Crippen molar-refractivity contribution >= 4 is 18.3 Å². The van der Waals surface area contributed by atoms with Gasteiger partial charge in [0.2, 0.25) is 0 Å². The topological polar surface area (TPSA) is 54.6 Å². The van der Waals surface area contributed by atoms with Gasteiger partial charge in [-0.3, -0.25) is 0 Å². The Hall–Kier alpha value is -1.72. The van der Waals surface area contributed by atoms with E-state index in [9.17, 15) is 5.02 Å². The highest BCUT2D eigenvalue weighted by Gasteiger charge is 2.40. The number of nitrogens with one attached hydrogen (secondary N) is 1. The van der Waals surface area contributed by atoms with Gasteiger partial charge in [-0.2, -0.15) is 0 Å². The summed E-state index contributed by atoms with van der Waals surface area (Å²) in [7, 11) is -0.852. The van der Waals surface area contributed by atoms with Crippen LogP contribution in [0.5, 0.6) is 0 Å². The summed E-state index contributed by atoms with van der Waals surface area (Å²) >= 11 is 0. The molecule has 21 heavy (non-hydrogen) atoms. The monoisotopic (exact) mass is 285 g/mol. The van der Waals surface area contributed by atoms with Gasteiger partial charge in [-0.15, -0.1) is 0 Å². The van der Waals surface area contributed by atoms with E-state index in [0.717, 1.165) is 33.8 Å². The molecule has 0 amide bonds. The number of furan rings is 1. The molecule has 0 saturated carbocycles. The van der Waals surface area contributed by atoms with Crippen molar-refractivity contribution in [2.75, 3.05) is 5.32 Å². The summed E-state index contributed by atoms with van der Waals surface area (Å²) in [5, 5.41) is 13.4. The maximum Gasteiger partial charge on any atom is 0.492 e. The minimum absolute atomic E-state index is 0.439. The van der Waals surface area contributed by atoms with Crippen LogP contribution >= 0.6 is 0 Å². The molecular weight excluding hydrogens is 265 g/mol. The average Bonchev–Trinajstić information content (AvgIpc) is 2.84. The van der Waals surface area contributed by atoms with Crippen LogP contribution in [-0.4, -0.2) is 12.1 Å². The van der Waals surface area contributed by atoms with Crippen molar-refractivity contribution in [3.05, 3.63) is 46.9 Å². The van der Waals surface area contributed by atoms with E-state index < -0.39 is 12.7 Å². The predicted octanol–water partition coefficient (Wildman–Crippen LogP) is 2.46. The molecule has 0 spiro atoms. The van der Waals surface area contributed by atoms with E-state index in [1.165, 1.54) is 0 Å². The minimum atomic E-state index is -0.852. The van der Waals surface area contributed by atoms with Gasteiger partial charge in [-0.25, -0.2) is 0 Å². The molecule has 110 valence electrons. The third-order valence-electron chi connectivity index (χ3n) is 4.00. The van der Waals surface area contributed by atoms with Crippen LogP contribution in [0.3, 0.4) is 0 Å². The van der Waals surface area contributed by atoms with Gasteiger partial charge in [-0.05, 0) is 56.9 Å². The van der Waals surface area contributed by atoms with Crippen molar-refractivity contribution in [1.82, 2.24) is 0 Å². The highest BCUT2D eigenvalue weighted by molar-refractivity contribution is 6.62. The molecule has 2 heterocycles. The molecule has 0 radical (unpaired) electrons. The first-order valence-corrected chi connectivity index (χ1v) is 7.17. The quantitative estimate of drug-likeness (QED) is 0.851. The van der Waals surface area contributed by atoms with Crippen LogP contribution in [0.1, 0.15) is 36.5 Å². The fourth-order valence-electron chi connectivity index (χ4n) is 2.89. The van der Waals surface area contributed by atoms with Crippen molar-refractivity contribution < 1.29 is 14.1 Å². The second-order valence-corrected chi connectivity index (χ2v) is 6.07. The number of aryl methyl sites for hydroxylation is 2. The van der Waals surface area contributed by atoms with Crippen LogP contribution in [0, 0.1) is 13.8 Å². The Morgan fingerprint density at radius 3 is 2.67 bits per heavy atom. The number of benzene rings is 1. The van der Waals surface area contributed by atoms with Gasteiger partial charge in [0, 0.05) is 17.8 Å². The molecule has 0 saturated heterocycles. The lowest BCUT2D eigenvalue weighted by molar-refractivity contribution is 0.101. The number of rotatable bonds is 3. The second-order valence-electron chi connectivity index (χ2n) is 6.07. The Morgan fingerprint density at radius 2 is 2.00 bits per heavy atom. The Labute approximate surface area is 125 Å². The second kappa shape index (κ2) is 4.93. The van der Waals surface area contributed by atoms with E-state index in [0.29, 0.717) is 6.54 Å². The van der Waals surface area contributed by atoms with E-state index in [2.05, 4.69) is 5.32 Å². The van der Waals surface area contributed by atoms with Crippen molar-refractivity contribution in [2.45, 2.75) is 39.8 Å². The maximum atomic E-state index is 10.0. The molecule has 2 aromatic rings. The predicted molar refractivity (Wildman–Crippen MR) is 83.7 cm³/mol. The van der Waals surface area contributed by atoms with Crippen molar-refractivity contribution in [1.29, 1.82) is 0 Å². The van der Waals surface area contributed by atoms with Gasteiger partial charge in [-0.1, -0.05) is 6.07 Å². The average molecular weight is 285 g/mol. The number of anilines is 1. The molecule has 2 N–H and O–H groups in total. The lowest BCUT2D eigenvalue weighted by Gasteiger charge is -2.19. The molecule has 0 unspecified atom stereocenters. The zero-order valence-corrected chi connectivity index (χ0v) is 12.9. The lowest BCUT2D eigenvalue weighted by Crippen LogP contribution is -2.28. The number of fused-ring (bicyclic) bond motifs is 1. The molecule has 0 atom stereocenters. The largest absolute Gasteiger partial charge is 0.492 e. The number of hydrogen-bond acceptors (Lipinski definition) is 4. The first-order chi connectivity index (χ1) is 9.87. The third kappa shape index (κ3) is 2.59. The first kappa shape index (κ1) is 14.2. The Morgan fingerprint density at radius 1 is 1.24 bits per heavy atom. The highest BCUT2D eigenvalue weighted by Crippen LogP contribution is 2.30. The molecule has 1 aromatic carbocycles. The van der Waals surface area contributed by atoms with Gasteiger partial charge in [0.15, 0.2) is 0 Å². The number of hydrogen-bond donors (Lipinski definition) is 2. The van der Waals surface area contributed by atoms with Crippen molar-refractivity contribution in [3.8, 4) is 0 Å². The van der Waals surface area contributed by atoms with E-state index >= 15 is 0 Å². The lowest BCUT2D eigenvalue weighted by atomic mass is 9.78. The summed E-state index contributed by atoms with van der Waals surface area (Å²) in [6.45, 7) is 8.54. The smallest absolute Gasteiger partial charge is 0.466 e. The Kier molecular flexibility index (Phi) is 3.34. The van der Waals surface area contributed by atoms with Gasteiger partial charge in [0.1, 0.15) is 11.5 Å². The Balaban J connectivity index is 1.79. The summed E-state index contributed by atoms with van der Waals surface area (Å²) < 4.78 is 11.1. The van der Waals surface area contributed by atoms with Gasteiger partial charge < -0.3 is 19.4 Å². The minimum Gasteiger partial charge on any atom is -0.466 e. The molecule has 4 nitrogen and oxygen atoms in total. The SMILES string of the molecule is Cc1cc(CNc2ccc3c(c2)B(O)OC3(C)C)c(C)o1. The van der Waals surface area contributed by atoms with Crippen molar-refractivity contribution in [2.24, 2.45) is 0 Å². The summed E-state index contributed by atoms with van der Waals surface area (Å²) in [4.78, 5) is 0. The molecule has 1 aromatic heterocycles. The zero-order chi connectivity index (χ0) is 15.2. The summed E-state index contributed by atoms with van der Waals surface area (Å²) in [5.74, 6) is 1.86.